The quantitative estimate of drug-likeness (QED) is 0.822. The molecule has 0 aromatic heterocycles. The molecule has 0 radical (unpaired) electrons. The molecule has 102 valence electrons. The van der Waals surface area contributed by atoms with Crippen LogP contribution in [-0.2, 0) is 0 Å². The molecule has 0 bridgehead atoms. The summed E-state index contributed by atoms with van der Waals surface area (Å²) in [4.78, 5) is 12.3. The third-order valence-corrected chi connectivity index (χ3v) is 3.18. The molecule has 0 fully saturated rings. The Bertz CT molecular complexity index is 683. The van der Waals surface area contributed by atoms with E-state index in [1.54, 1.807) is 12.1 Å². The predicted octanol–water partition coefficient (Wildman–Crippen LogP) is 2.56. The first-order valence-electron chi connectivity index (χ1n) is 6.21. The van der Waals surface area contributed by atoms with Crippen LogP contribution in [0.5, 0.6) is 11.5 Å². The van der Waals surface area contributed by atoms with Gasteiger partial charge in [0.2, 0.25) is 6.79 Å². The second kappa shape index (κ2) is 4.77. The third kappa shape index (κ3) is 2.14. The van der Waals surface area contributed by atoms with Crippen molar-refractivity contribution in [2.24, 2.45) is 0 Å². The van der Waals surface area contributed by atoms with Crippen molar-refractivity contribution in [2.45, 2.75) is 6.92 Å². The molecule has 0 saturated carbocycles. The zero-order valence-electron chi connectivity index (χ0n) is 11.0. The van der Waals surface area contributed by atoms with Gasteiger partial charge in [-0.1, -0.05) is 18.2 Å². The Balaban J connectivity index is 1.90. The summed E-state index contributed by atoms with van der Waals surface area (Å²) in [5.74, 6) is 0.833. The number of amides is 1. The Hall–Kier alpha value is -2.69. The van der Waals surface area contributed by atoms with Gasteiger partial charge in [-0.25, -0.2) is 0 Å². The molecule has 2 aromatic rings. The van der Waals surface area contributed by atoms with Crippen molar-refractivity contribution in [3.8, 4) is 11.5 Å². The van der Waals surface area contributed by atoms with Gasteiger partial charge < -0.3 is 20.5 Å². The standard InChI is InChI=1S/C15H14N2O3/c1-9-4-2-3-5-12(9)17-15(18)10-6-13-14(7-11(10)16)20-8-19-13/h2-7H,8,16H2,1H3,(H,17,18). The van der Waals surface area contributed by atoms with Crippen molar-refractivity contribution in [3.05, 3.63) is 47.5 Å². The number of nitrogens with two attached hydrogens (primary N) is 1. The van der Waals surface area contributed by atoms with Crippen LogP contribution in [0.3, 0.4) is 0 Å². The number of aryl methyl sites for hydroxylation is 1. The Kier molecular flexibility index (Phi) is 2.95. The fraction of sp³-hybridized carbons (Fsp3) is 0.133. The number of benzene rings is 2. The van der Waals surface area contributed by atoms with Crippen LogP contribution in [0.1, 0.15) is 15.9 Å². The molecule has 0 unspecified atom stereocenters. The Labute approximate surface area is 116 Å². The van der Waals surface area contributed by atoms with Gasteiger partial charge in [0.05, 0.1) is 5.56 Å². The molecule has 5 heteroatoms. The van der Waals surface area contributed by atoms with Gasteiger partial charge in [-0.3, -0.25) is 4.79 Å². The smallest absolute Gasteiger partial charge is 0.257 e. The van der Waals surface area contributed by atoms with Crippen molar-refractivity contribution in [1.29, 1.82) is 0 Å². The van der Waals surface area contributed by atoms with E-state index in [-0.39, 0.29) is 12.7 Å². The first-order chi connectivity index (χ1) is 9.65. The molecular formula is C15H14N2O3. The summed E-state index contributed by atoms with van der Waals surface area (Å²) >= 11 is 0. The molecule has 0 atom stereocenters. The van der Waals surface area contributed by atoms with Gasteiger partial charge in [0.15, 0.2) is 11.5 Å². The number of nitrogens with one attached hydrogen (secondary N) is 1. The molecule has 20 heavy (non-hydrogen) atoms. The van der Waals surface area contributed by atoms with E-state index in [9.17, 15) is 4.79 Å². The predicted molar refractivity (Wildman–Crippen MR) is 76.1 cm³/mol. The number of hydrogen-bond acceptors (Lipinski definition) is 4. The van der Waals surface area contributed by atoms with Gasteiger partial charge in [0, 0.05) is 17.4 Å². The second-order valence-corrected chi connectivity index (χ2v) is 4.56. The molecule has 0 spiro atoms. The Morgan fingerprint density at radius 2 is 1.90 bits per heavy atom. The van der Waals surface area contributed by atoms with Gasteiger partial charge in [-0.2, -0.15) is 0 Å². The molecule has 2 aromatic carbocycles. The second-order valence-electron chi connectivity index (χ2n) is 4.56. The molecule has 1 aliphatic heterocycles. The summed E-state index contributed by atoms with van der Waals surface area (Å²) in [5, 5.41) is 2.84. The van der Waals surface area contributed by atoms with Crippen LogP contribution < -0.4 is 20.5 Å². The van der Waals surface area contributed by atoms with Crippen LogP contribution in [0.25, 0.3) is 0 Å². The maximum Gasteiger partial charge on any atom is 0.257 e. The normalized spacial score (nSPS) is 12.2. The zero-order valence-corrected chi connectivity index (χ0v) is 11.0. The molecule has 5 nitrogen and oxygen atoms in total. The Morgan fingerprint density at radius 3 is 2.65 bits per heavy atom. The number of fused-ring (bicyclic) bond motifs is 1. The molecular weight excluding hydrogens is 256 g/mol. The van der Waals surface area contributed by atoms with Crippen LogP contribution in [0.4, 0.5) is 11.4 Å². The van der Waals surface area contributed by atoms with Crippen molar-refractivity contribution in [1.82, 2.24) is 0 Å². The summed E-state index contributed by atoms with van der Waals surface area (Å²) in [7, 11) is 0. The van der Waals surface area contributed by atoms with Crippen LogP contribution in [0, 0.1) is 6.92 Å². The van der Waals surface area contributed by atoms with E-state index in [0.717, 1.165) is 11.3 Å². The molecule has 0 saturated heterocycles. The van der Waals surface area contributed by atoms with Gasteiger partial charge in [0.25, 0.3) is 5.91 Å². The Morgan fingerprint density at radius 1 is 1.20 bits per heavy atom. The lowest BCUT2D eigenvalue weighted by Gasteiger charge is -2.10. The van der Waals surface area contributed by atoms with Crippen LogP contribution in [-0.4, -0.2) is 12.7 Å². The third-order valence-electron chi connectivity index (χ3n) is 3.18. The maximum absolute atomic E-state index is 12.3. The summed E-state index contributed by atoms with van der Waals surface area (Å²) in [6.07, 6.45) is 0. The first-order valence-corrected chi connectivity index (χ1v) is 6.21. The minimum atomic E-state index is -0.268. The minimum absolute atomic E-state index is 0.150. The first kappa shape index (κ1) is 12.3. The van der Waals surface area contributed by atoms with Gasteiger partial charge in [-0.05, 0) is 24.6 Å². The summed E-state index contributed by atoms with van der Waals surface area (Å²) < 4.78 is 10.5. The van der Waals surface area contributed by atoms with E-state index in [2.05, 4.69) is 5.32 Å². The summed E-state index contributed by atoms with van der Waals surface area (Å²) in [6.45, 7) is 2.08. The lowest BCUT2D eigenvalue weighted by Crippen LogP contribution is -2.14. The van der Waals surface area contributed by atoms with Gasteiger partial charge >= 0.3 is 0 Å². The summed E-state index contributed by atoms with van der Waals surface area (Å²) in [5.41, 5.74) is 8.37. The average molecular weight is 270 g/mol. The fourth-order valence-corrected chi connectivity index (χ4v) is 2.06. The highest BCUT2D eigenvalue weighted by Gasteiger charge is 2.19. The molecule has 0 aliphatic carbocycles. The lowest BCUT2D eigenvalue weighted by molar-refractivity contribution is 0.102. The lowest BCUT2D eigenvalue weighted by atomic mass is 10.1. The maximum atomic E-state index is 12.3. The van der Waals surface area contributed by atoms with Crippen molar-refractivity contribution >= 4 is 17.3 Å². The van der Waals surface area contributed by atoms with Crippen LogP contribution >= 0.6 is 0 Å². The average Bonchev–Trinajstić information content (AvgIpc) is 2.87. The zero-order chi connectivity index (χ0) is 14.1. The number of ether oxygens (including phenoxy) is 2. The number of nitrogen functional groups attached to an aromatic ring is 1. The number of rotatable bonds is 2. The monoisotopic (exact) mass is 270 g/mol. The number of anilines is 2. The molecule has 3 rings (SSSR count). The van der Waals surface area contributed by atoms with E-state index in [1.165, 1.54) is 0 Å². The molecule has 3 N–H and O–H groups in total. The largest absolute Gasteiger partial charge is 0.454 e. The van der Waals surface area contributed by atoms with E-state index in [4.69, 9.17) is 15.2 Å². The van der Waals surface area contributed by atoms with Gasteiger partial charge in [-0.15, -0.1) is 0 Å². The highest BCUT2D eigenvalue weighted by Crippen LogP contribution is 2.36. The highest BCUT2D eigenvalue weighted by atomic mass is 16.7. The fourth-order valence-electron chi connectivity index (χ4n) is 2.06. The van der Waals surface area contributed by atoms with Gasteiger partial charge in [0.1, 0.15) is 0 Å². The van der Waals surface area contributed by atoms with Crippen LogP contribution in [0.2, 0.25) is 0 Å². The number of para-hydroxylation sites is 1. The minimum Gasteiger partial charge on any atom is -0.454 e. The van der Waals surface area contributed by atoms with Crippen molar-refractivity contribution in [3.63, 3.8) is 0 Å². The molecule has 1 aliphatic rings. The van der Waals surface area contributed by atoms with Crippen LogP contribution in [0.15, 0.2) is 36.4 Å². The van der Waals surface area contributed by atoms with E-state index in [1.807, 2.05) is 31.2 Å². The summed E-state index contributed by atoms with van der Waals surface area (Å²) in [6, 6.07) is 10.8. The molecule has 1 heterocycles. The number of carbonyl (C=O) groups is 1. The molecule has 1 amide bonds. The van der Waals surface area contributed by atoms with Crippen molar-refractivity contribution in [2.75, 3.05) is 17.8 Å². The van der Waals surface area contributed by atoms with Crippen molar-refractivity contribution < 1.29 is 14.3 Å². The highest BCUT2D eigenvalue weighted by molar-refractivity contribution is 6.08. The number of carbonyl (C=O) groups excluding carboxylic acids is 1. The number of hydrogen-bond donors (Lipinski definition) is 2. The van der Waals surface area contributed by atoms with E-state index < -0.39 is 0 Å². The van der Waals surface area contributed by atoms with E-state index >= 15 is 0 Å². The van der Waals surface area contributed by atoms with E-state index in [0.29, 0.717) is 22.7 Å². The SMILES string of the molecule is Cc1ccccc1NC(=O)c1cc2c(cc1N)OCO2. The topological polar surface area (TPSA) is 73.6 Å².